The molecule has 0 unspecified atom stereocenters. The minimum Gasteiger partial charge on any atom is -0.514 e. The van der Waals surface area contributed by atoms with Gasteiger partial charge in [-0.25, -0.2) is 9.64 Å². The van der Waals surface area contributed by atoms with Crippen molar-refractivity contribution in [1.82, 2.24) is 0 Å². The minimum atomic E-state index is -0.897. The summed E-state index contributed by atoms with van der Waals surface area (Å²) in [6, 6.07) is 0. The molecule has 0 bridgehead atoms. The molecule has 1 N–H and O–H groups in total. The lowest BCUT2D eigenvalue weighted by molar-refractivity contribution is -0.139. The second kappa shape index (κ2) is 3.50. The minimum absolute atomic E-state index is 0.674. The lowest BCUT2D eigenvalue weighted by atomic mass is 10.5. The molecule has 9 heavy (non-hydrogen) atoms. The van der Waals surface area contributed by atoms with Gasteiger partial charge in [0.2, 0.25) is 12.0 Å². The Labute approximate surface area is 52.2 Å². The molecule has 0 atom stereocenters. The number of rotatable bonds is 1. The maximum Gasteiger partial charge on any atom is 0.361 e. The number of hydrogen-bond acceptors (Lipinski definition) is 3. The van der Waals surface area contributed by atoms with Crippen molar-refractivity contribution >= 4 is 5.97 Å². The molecule has 0 aliphatic rings. The van der Waals surface area contributed by atoms with Crippen molar-refractivity contribution < 1.29 is 14.6 Å². The van der Waals surface area contributed by atoms with Crippen molar-refractivity contribution in [1.29, 1.82) is 0 Å². The van der Waals surface area contributed by atoms with Gasteiger partial charge in [0, 0.05) is 0 Å². The van der Waals surface area contributed by atoms with Crippen LogP contribution in [0.1, 0.15) is 0 Å². The number of aliphatic hydroxyl groups excluding tert-OH is 1. The molecule has 4 nitrogen and oxygen atoms in total. The van der Waals surface area contributed by atoms with E-state index < -0.39 is 11.7 Å². The number of hydrogen-bond donors (Lipinski definition) is 1. The molecule has 0 aliphatic carbocycles. The van der Waals surface area contributed by atoms with E-state index in [0.717, 1.165) is 7.11 Å². The molecule has 0 fully saturated rings. The summed E-state index contributed by atoms with van der Waals surface area (Å²) in [4.78, 5) is 12.9. The molecule has 0 saturated carbocycles. The third-order valence-corrected chi connectivity index (χ3v) is 0.581. The van der Waals surface area contributed by atoms with Crippen LogP contribution in [0.4, 0.5) is 0 Å². The summed E-state index contributed by atoms with van der Waals surface area (Å²) in [6.45, 7) is 6.18. The first kappa shape index (κ1) is 7.50. The number of nitrogens with zero attached hydrogens (tertiary/aromatic N) is 1. The third kappa shape index (κ3) is 2.34. The van der Waals surface area contributed by atoms with E-state index in [1.54, 1.807) is 0 Å². The van der Waals surface area contributed by atoms with E-state index in [9.17, 15) is 4.79 Å². The molecule has 0 aliphatic heterocycles. The maximum atomic E-state index is 10.2. The molecule has 0 saturated heterocycles. The highest BCUT2D eigenvalue weighted by Crippen LogP contribution is 1.90. The molecule has 4 heteroatoms. The normalized spacial score (nSPS) is 10.0. The Morgan fingerprint density at radius 3 is 2.78 bits per heavy atom. The highest BCUT2D eigenvalue weighted by molar-refractivity contribution is 5.85. The SMILES string of the molecule is [C-]#[N+]C=C(O)C(=O)OC. The fraction of sp³-hybridized carbons (Fsp3) is 0.200. The van der Waals surface area contributed by atoms with Crippen LogP contribution in [0.15, 0.2) is 12.0 Å². The topological polar surface area (TPSA) is 50.9 Å². The van der Waals surface area contributed by atoms with Crippen LogP contribution in [0.25, 0.3) is 4.85 Å². The Balaban J connectivity index is 4.07. The number of methoxy groups -OCH3 is 1. The highest BCUT2D eigenvalue weighted by atomic mass is 16.5. The monoisotopic (exact) mass is 127 g/mol. The predicted molar refractivity (Wildman–Crippen MR) is 29.3 cm³/mol. The summed E-state index contributed by atoms with van der Waals surface area (Å²) < 4.78 is 4.06. The van der Waals surface area contributed by atoms with Gasteiger partial charge in [-0.15, -0.1) is 0 Å². The van der Waals surface area contributed by atoms with Crippen molar-refractivity contribution in [2.24, 2.45) is 0 Å². The smallest absolute Gasteiger partial charge is 0.361 e. The number of carbonyl (C=O) groups excluding carboxylic acids is 1. The Morgan fingerprint density at radius 1 is 1.89 bits per heavy atom. The van der Waals surface area contributed by atoms with Gasteiger partial charge in [0.05, 0.1) is 13.7 Å². The second-order valence-corrected chi connectivity index (χ2v) is 1.14. The quantitative estimate of drug-likeness (QED) is 0.241. The average Bonchev–Trinajstić information content (AvgIpc) is 1.87. The van der Waals surface area contributed by atoms with Gasteiger partial charge in [0.25, 0.3) is 0 Å². The van der Waals surface area contributed by atoms with Gasteiger partial charge in [-0.1, -0.05) is 0 Å². The van der Waals surface area contributed by atoms with E-state index in [1.165, 1.54) is 0 Å². The maximum absolute atomic E-state index is 10.2. The van der Waals surface area contributed by atoms with E-state index in [4.69, 9.17) is 11.7 Å². The summed E-state index contributed by atoms with van der Waals surface area (Å²) in [6.07, 6.45) is 0.686. The van der Waals surface area contributed by atoms with Crippen LogP contribution in [0.3, 0.4) is 0 Å². The summed E-state index contributed by atoms with van der Waals surface area (Å²) in [5, 5.41) is 8.49. The molecule has 0 heterocycles. The van der Waals surface area contributed by atoms with E-state index in [1.807, 2.05) is 0 Å². The van der Waals surface area contributed by atoms with Gasteiger partial charge in [0.1, 0.15) is 0 Å². The van der Waals surface area contributed by atoms with Crippen molar-refractivity contribution in [2.45, 2.75) is 0 Å². The fourth-order valence-corrected chi connectivity index (χ4v) is 0.218. The van der Waals surface area contributed by atoms with Gasteiger partial charge < -0.3 is 9.84 Å². The summed E-state index contributed by atoms with van der Waals surface area (Å²) in [5.41, 5.74) is 0. The Morgan fingerprint density at radius 2 is 2.44 bits per heavy atom. The molecule has 0 aromatic rings. The Bertz CT molecular complexity index is 177. The first-order valence-corrected chi connectivity index (χ1v) is 2.06. The van der Waals surface area contributed by atoms with E-state index >= 15 is 0 Å². The summed E-state index contributed by atoms with van der Waals surface area (Å²) in [7, 11) is 1.12. The van der Waals surface area contributed by atoms with Crippen LogP contribution in [-0.4, -0.2) is 18.2 Å². The molecule has 0 radical (unpaired) electrons. The van der Waals surface area contributed by atoms with Crippen molar-refractivity contribution in [3.8, 4) is 0 Å². The van der Waals surface area contributed by atoms with Crippen molar-refractivity contribution in [2.75, 3.05) is 7.11 Å². The predicted octanol–water partition coefficient (Wildman–Crippen LogP) is 0.478. The van der Waals surface area contributed by atoms with Crippen LogP contribution in [0, 0.1) is 6.57 Å². The molecular weight excluding hydrogens is 122 g/mol. The number of carbonyl (C=O) groups is 1. The van der Waals surface area contributed by atoms with E-state index in [-0.39, 0.29) is 0 Å². The summed E-state index contributed by atoms with van der Waals surface area (Å²) in [5.74, 6) is -1.57. The number of ether oxygens (including phenoxy) is 1. The molecular formula is C5H5NO3. The Kier molecular flexibility index (Phi) is 2.91. The van der Waals surface area contributed by atoms with Gasteiger partial charge in [0.15, 0.2) is 0 Å². The van der Waals surface area contributed by atoms with Gasteiger partial charge >= 0.3 is 5.97 Å². The molecule has 0 spiro atoms. The highest BCUT2D eigenvalue weighted by Gasteiger charge is 2.03. The standard InChI is InChI=1S/C5H5NO3/c1-6-3-4(7)5(8)9-2/h3,7H,2H3. The van der Waals surface area contributed by atoms with E-state index in [0.29, 0.717) is 6.20 Å². The van der Waals surface area contributed by atoms with Crippen LogP contribution >= 0.6 is 0 Å². The zero-order chi connectivity index (χ0) is 7.28. The van der Waals surface area contributed by atoms with Gasteiger partial charge in [-0.05, 0) is 0 Å². The van der Waals surface area contributed by atoms with Crippen molar-refractivity contribution in [3.05, 3.63) is 23.4 Å². The zero-order valence-electron chi connectivity index (χ0n) is 4.79. The van der Waals surface area contributed by atoms with Gasteiger partial charge in [-0.2, -0.15) is 0 Å². The zero-order valence-corrected chi connectivity index (χ0v) is 4.79. The largest absolute Gasteiger partial charge is 0.514 e. The molecule has 0 aromatic heterocycles. The van der Waals surface area contributed by atoms with Crippen LogP contribution in [-0.2, 0) is 9.53 Å². The lowest BCUT2D eigenvalue weighted by Gasteiger charge is -1.92. The molecule has 48 valence electrons. The van der Waals surface area contributed by atoms with E-state index in [2.05, 4.69) is 9.58 Å². The second-order valence-electron chi connectivity index (χ2n) is 1.14. The number of esters is 1. The Hall–Kier alpha value is -1.50. The lowest BCUT2D eigenvalue weighted by Crippen LogP contribution is -2.02. The van der Waals surface area contributed by atoms with Crippen LogP contribution < -0.4 is 0 Å². The molecule has 0 rings (SSSR count). The number of aliphatic hydroxyl groups is 1. The fourth-order valence-electron chi connectivity index (χ4n) is 0.218. The van der Waals surface area contributed by atoms with Crippen molar-refractivity contribution in [3.63, 3.8) is 0 Å². The summed E-state index contributed by atoms with van der Waals surface area (Å²) >= 11 is 0. The first-order chi connectivity index (χ1) is 4.22. The van der Waals surface area contributed by atoms with Crippen LogP contribution in [0.5, 0.6) is 0 Å². The average molecular weight is 127 g/mol. The van der Waals surface area contributed by atoms with Crippen LogP contribution in [0.2, 0.25) is 0 Å². The van der Waals surface area contributed by atoms with Gasteiger partial charge in [-0.3, -0.25) is 0 Å². The molecule has 0 amide bonds. The first-order valence-electron chi connectivity index (χ1n) is 2.06. The third-order valence-electron chi connectivity index (χ3n) is 0.581. The molecule has 0 aromatic carbocycles.